The van der Waals surface area contributed by atoms with Crippen LogP contribution in [0.3, 0.4) is 0 Å². The van der Waals surface area contributed by atoms with Crippen LogP contribution >= 0.6 is 0 Å². The van der Waals surface area contributed by atoms with Crippen molar-refractivity contribution in [3.8, 4) is 0 Å². The molecule has 2 unspecified atom stereocenters. The smallest absolute Gasteiger partial charge is 0.550 e. The van der Waals surface area contributed by atoms with Gasteiger partial charge in [0.2, 0.25) is 0 Å². The van der Waals surface area contributed by atoms with Crippen LogP contribution < -0.4 is 40.0 Å². The summed E-state index contributed by atoms with van der Waals surface area (Å²) in [5.74, 6) is -1.27. The Kier molecular flexibility index (Phi) is 9.63. The fraction of sp³-hybridized carbons (Fsp3) is 0.571. The van der Waals surface area contributed by atoms with Gasteiger partial charge in [0.05, 0.1) is 13.5 Å². The fourth-order valence-electron chi connectivity index (χ4n) is 2.26. The number of carbonyl (C=O) groups excluding carboxylic acids is 2. The van der Waals surface area contributed by atoms with Gasteiger partial charge in [-0.25, -0.2) is 0 Å². The summed E-state index contributed by atoms with van der Waals surface area (Å²) in [6.45, 7) is 3.74. The van der Waals surface area contributed by atoms with Crippen molar-refractivity contribution in [3.05, 3.63) is 24.4 Å². The zero-order chi connectivity index (χ0) is 14.3. The molecule has 0 radical (unpaired) electrons. The third-order valence-electron chi connectivity index (χ3n) is 3.24. The molecular formula is C14H20NNaO4. The molecule has 20 heavy (non-hydrogen) atoms. The second kappa shape index (κ2) is 10.0. The monoisotopic (exact) mass is 289 g/mol. The third kappa shape index (κ3) is 7.12. The molecule has 2 atom stereocenters. The van der Waals surface area contributed by atoms with E-state index in [0.29, 0.717) is 5.70 Å². The largest absolute Gasteiger partial charge is 1.00 e. The molecule has 0 bridgehead atoms. The zero-order valence-corrected chi connectivity index (χ0v) is 14.2. The number of nitrogens with one attached hydrogen (secondary N) is 1. The van der Waals surface area contributed by atoms with Crippen molar-refractivity contribution in [3.63, 3.8) is 0 Å². The third-order valence-corrected chi connectivity index (χ3v) is 3.24. The molecule has 1 aliphatic carbocycles. The molecule has 0 aromatic rings. The summed E-state index contributed by atoms with van der Waals surface area (Å²) in [4.78, 5) is 22.0. The van der Waals surface area contributed by atoms with E-state index in [4.69, 9.17) is 0 Å². The van der Waals surface area contributed by atoms with Gasteiger partial charge in [-0.3, -0.25) is 4.79 Å². The van der Waals surface area contributed by atoms with Crippen molar-refractivity contribution >= 4 is 11.9 Å². The topological polar surface area (TPSA) is 78.5 Å². The van der Waals surface area contributed by atoms with Gasteiger partial charge < -0.3 is 20.0 Å². The summed E-state index contributed by atoms with van der Waals surface area (Å²) < 4.78 is 4.55. The number of carboxylic acid groups (broad SMARTS) is 1. The van der Waals surface area contributed by atoms with E-state index in [2.05, 4.69) is 28.8 Å². The minimum absolute atomic E-state index is 0. The second-order valence-corrected chi connectivity index (χ2v) is 4.73. The van der Waals surface area contributed by atoms with Gasteiger partial charge in [0.15, 0.2) is 0 Å². The molecule has 1 rings (SSSR count). The molecule has 0 fully saturated rings. The van der Waals surface area contributed by atoms with Crippen LogP contribution in [0, 0.1) is 5.92 Å². The Morgan fingerprint density at radius 2 is 2.20 bits per heavy atom. The van der Waals surface area contributed by atoms with Gasteiger partial charge in [0.25, 0.3) is 0 Å². The van der Waals surface area contributed by atoms with Crippen molar-refractivity contribution < 1.29 is 49.0 Å². The number of allylic oxidation sites excluding steroid dienone is 2. The van der Waals surface area contributed by atoms with Crippen LogP contribution in [-0.4, -0.2) is 25.1 Å². The number of esters is 1. The van der Waals surface area contributed by atoms with Gasteiger partial charge in [0.1, 0.15) is 0 Å². The fourth-order valence-corrected chi connectivity index (χ4v) is 2.26. The van der Waals surface area contributed by atoms with Crippen molar-refractivity contribution in [2.45, 2.75) is 38.1 Å². The van der Waals surface area contributed by atoms with Crippen LogP contribution in [-0.2, 0) is 14.3 Å². The number of ether oxygens (including phenoxy) is 1. The molecule has 0 saturated carbocycles. The van der Waals surface area contributed by atoms with Crippen molar-refractivity contribution in [2.75, 3.05) is 7.11 Å². The summed E-state index contributed by atoms with van der Waals surface area (Å²) in [5.41, 5.74) is 0.479. The molecule has 106 valence electrons. The van der Waals surface area contributed by atoms with E-state index in [0.717, 1.165) is 19.3 Å². The van der Waals surface area contributed by atoms with Crippen LogP contribution in [0.15, 0.2) is 24.4 Å². The molecule has 0 aliphatic heterocycles. The van der Waals surface area contributed by atoms with E-state index in [1.165, 1.54) is 7.11 Å². The van der Waals surface area contributed by atoms with Crippen LogP contribution in [0.2, 0.25) is 0 Å². The molecule has 6 heteroatoms. The molecule has 1 aliphatic rings. The van der Waals surface area contributed by atoms with Gasteiger partial charge >= 0.3 is 35.5 Å². The van der Waals surface area contributed by atoms with E-state index in [9.17, 15) is 14.7 Å². The van der Waals surface area contributed by atoms with Crippen molar-refractivity contribution in [1.82, 2.24) is 5.32 Å². The molecule has 0 spiro atoms. The number of hydrogen-bond acceptors (Lipinski definition) is 5. The predicted molar refractivity (Wildman–Crippen MR) is 68.8 cm³/mol. The van der Waals surface area contributed by atoms with E-state index >= 15 is 0 Å². The molecule has 0 heterocycles. The Morgan fingerprint density at radius 3 is 2.70 bits per heavy atom. The molecule has 5 nitrogen and oxygen atoms in total. The van der Waals surface area contributed by atoms with Gasteiger partial charge in [-0.05, 0) is 25.2 Å². The first-order valence-electron chi connectivity index (χ1n) is 6.39. The summed E-state index contributed by atoms with van der Waals surface area (Å²) in [6, 6.07) is -0.257. The first-order chi connectivity index (χ1) is 9.02. The van der Waals surface area contributed by atoms with Crippen LogP contribution in [0.1, 0.15) is 32.1 Å². The quantitative estimate of drug-likeness (QED) is 0.319. The molecule has 0 amide bonds. The van der Waals surface area contributed by atoms with Gasteiger partial charge in [-0.1, -0.05) is 18.7 Å². The number of carbonyl (C=O) groups is 2. The molecular weight excluding hydrogens is 269 g/mol. The average molecular weight is 289 g/mol. The van der Waals surface area contributed by atoms with Gasteiger partial charge in [0, 0.05) is 24.1 Å². The summed E-state index contributed by atoms with van der Waals surface area (Å²) in [6.07, 6.45) is 6.81. The van der Waals surface area contributed by atoms with Crippen LogP contribution in [0.25, 0.3) is 0 Å². The first kappa shape index (κ1) is 19.2. The SMILES string of the molecule is C=C(CC(=O)OC)NC(CC(=O)[O-])C1CC=CCC1.[Na+]. The number of methoxy groups -OCH3 is 1. The van der Waals surface area contributed by atoms with Crippen molar-refractivity contribution in [2.24, 2.45) is 5.92 Å². The maximum absolute atomic E-state index is 11.1. The Bertz CT molecular complexity index is 381. The van der Waals surface area contributed by atoms with E-state index in [-0.39, 0.29) is 54.4 Å². The Morgan fingerprint density at radius 1 is 1.50 bits per heavy atom. The Balaban J connectivity index is 0.00000361. The van der Waals surface area contributed by atoms with Gasteiger partial charge in [-0.2, -0.15) is 0 Å². The number of carboxylic acids is 1. The molecule has 0 aromatic heterocycles. The minimum atomic E-state index is -1.10. The van der Waals surface area contributed by atoms with Crippen LogP contribution in [0.5, 0.6) is 0 Å². The standard InChI is InChI=1S/C14H21NO4.Na/c1-10(8-14(18)19-2)15-12(9-13(16)17)11-6-4-3-5-7-11;/h3-4,11-12,15H,1,5-9H2,2H3,(H,16,17);/q;+1/p-1. The van der Waals surface area contributed by atoms with E-state index in [1.807, 2.05) is 0 Å². The van der Waals surface area contributed by atoms with E-state index < -0.39 is 11.9 Å². The van der Waals surface area contributed by atoms with Crippen LogP contribution in [0.4, 0.5) is 0 Å². The number of aliphatic carboxylic acids is 1. The van der Waals surface area contributed by atoms with Gasteiger partial charge in [-0.15, -0.1) is 0 Å². The summed E-state index contributed by atoms with van der Waals surface area (Å²) in [7, 11) is 1.31. The zero-order valence-electron chi connectivity index (χ0n) is 12.2. The molecule has 1 N–H and O–H groups in total. The second-order valence-electron chi connectivity index (χ2n) is 4.73. The maximum atomic E-state index is 11.1. The predicted octanol–water partition coefficient (Wildman–Crippen LogP) is -2.48. The maximum Gasteiger partial charge on any atom is 1.00 e. The Labute approximate surface area is 141 Å². The first-order valence-corrected chi connectivity index (χ1v) is 6.39. The molecule has 0 saturated heterocycles. The normalized spacial score (nSPS) is 18.6. The minimum Gasteiger partial charge on any atom is -0.550 e. The van der Waals surface area contributed by atoms with E-state index in [1.54, 1.807) is 0 Å². The Hall–Kier alpha value is -0.780. The van der Waals surface area contributed by atoms with Crippen molar-refractivity contribution in [1.29, 1.82) is 0 Å². The molecule has 0 aromatic carbocycles. The summed E-state index contributed by atoms with van der Waals surface area (Å²) >= 11 is 0. The number of rotatable bonds is 7. The average Bonchev–Trinajstić information content (AvgIpc) is 2.38. The summed E-state index contributed by atoms with van der Waals surface area (Å²) in [5, 5.41) is 13.9. The number of hydrogen-bond donors (Lipinski definition) is 1.